The largest absolute Gasteiger partial charge is 0.496 e. The molecule has 0 saturated carbocycles. The lowest BCUT2D eigenvalue weighted by Crippen LogP contribution is -2.44. The fourth-order valence-electron chi connectivity index (χ4n) is 1.41. The van der Waals surface area contributed by atoms with E-state index in [9.17, 15) is 10.1 Å². The first-order chi connectivity index (χ1) is 8.77. The van der Waals surface area contributed by atoms with Crippen LogP contribution in [-0.2, 0) is 0 Å². The molecule has 0 aromatic heterocycles. The Morgan fingerprint density at radius 1 is 1.42 bits per heavy atom. The highest BCUT2D eigenvalue weighted by molar-refractivity contribution is 5.64. The molecule has 1 rings (SSSR count). The molecule has 1 N–H and O–H groups in total. The van der Waals surface area contributed by atoms with Crippen molar-refractivity contribution in [2.24, 2.45) is 0 Å². The van der Waals surface area contributed by atoms with Gasteiger partial charge in [-0.25, -0.2) is 0 Å². The van der Waals surface area contributed by atoms with Gasteiger partial charge in [0.15, 0.2) is 0 Å². The molecule has 19 heavy (non-hydrogen) atoms. The van der Waals surface area contributed by atoms with Gasteiger partial charge in [-0.05, 0) is 40.1 Å². The number of hydrogen-bond donors (Lipinski definition) is 1. The Balaban J connectivity index is 2.92. The number of nitrogens with zero attached hydrogens (tertiary/aromatic N) is 2. The average Bonchev–Trinajstić information content (AvgIpc) is 2.35. The normalized spacial score (nSPS) is 11.5. The summed E-state index contributed by atoms with van der Waals surface area (Å²) in [6.07, 6.45) is 0. The number of nitrogens with one attached hydrogen (secondary N) is 1. The second-order valence-corrected chi connectivity index (χ2v) is 5.20. The number of likely N-dealkylation sites (N-methyl/N-ethyl adjacent to an activating group) is 1. The van der Waals surface area contributed by atoms with Gasteiger partial charge in [-0.15, -0.1) is 0 Å². The maximum atomic E-state index is 11.0. The zero-order valence-electron chi connectivity index (χ0n) is 12.1. The zero-order chi connectivity index (χ0) is 14.6. The van der Waals surface area contributed by atoms with Crippen molar-refractivity contribution in [2.75, 3.05) is 33.1 Å². The molecule has 0 fully saturated rings. The van der Waals surface area contributed by atoms with Crippen molar-refractivity contribution in [3.63, 3.8) is 0 Å². The predicted molar refractivity (Wildman–Crippen MR) is 75.9 cm³/mol. The van der Waals surface area contributed by atoms with Gasteiger partial charge >= 0.3 is 0 Å². The van der Waals surface area contributed by atoms with Crippen molar-refractivity contribution in [1.29, 1.82) is 0 Å². The van der Waals surface area contributed by atoms with Gasteiger partial charge in [-0.1, -0.05) is 0 Å². The first-order valence-electron chi connectivity index (χ1n) is 6.01. The summed E-state index contributed by atoms with van der Waals surface area (Å²) in [4.78, 5) is 12.7. The van der Waals surface area contributed by atoms with Crippen LogP contribution >= 0.6 is 0 Å². The molecular formula is C13H21N3O3. The van der Waals surface area contributed by atoms with Gasteiger partial charge in [-0.3, -0.25) is 10.1 Å². The summed E-state index contributed by atoms with van der Waals surface area (Å²) in [5.41, 5.74) is 0.419. The van der Waals surface area contributed by atoms with E-state index in [0.29, 0.717) is 18.0 Å². The second kappa shape index (κ2) is 5.88. The van der Waals surface area contributed by atoms with Gasteiger partial charge in [0, 0.05) is 12.1 Å². The number of nitro benzene ring substituents is 1. The van der Waals surface area contributed by atoms with Crippen LogP contribution in [0.4, 0.5) is 11.4 Å². The van der Waals surface area contributed by atoms with Crippen molar-refractivity contribution in [3.8, 4) is 5.75 Å². The smallest absolute Gasteiger partial charge is 0.296 e. The number of benzene rings is 1. The average molecular weight is 267 g/mol. The third-order valence-electron chi connectivity index (χ3n) is 3.32. The molecule has 0 aliphatic rings. The van der Waals surface area contributed by atoms with Crippen LogP contribution in [0.2, 0.25) is 0 Å². The van der Waals surface area contributed by atoms with Crippen molar-refractivity contribution in [3.05, 3.63) is 28.3 Å². The van der Waals surface area contributed by atoms with Gasteiger partial charge in [0.05, 0.1) is 18.1 Å². The van der Waals surface area contributed by atoms with E-state index in [1.807, 2.05) is 14.1 Å². The number of ether oxygens (including phenoxy) is 1. The molecule has 0 amide bonds. The minimum absolute atomic E-state index is 0.0221. The van der Waals surface area contributed by atoms with E-state index >= 15 is 0 Å². The molecule has 6 heteroatoms. The third-order valence-corrected chi connectivity index (χ3v) is 3.32. The van der Waals surface area contributed by atoms with Gasteiger partial charge in [0.2, 0.25) is 0 Å². The van der Waals surface area contributed by atoms with E-state index in [2.05, 4.69) is 24.1 Å². The molecule has 1 aromatic carbocycles. The second-order valence-electron chi connectivity index (χ2n) is 5.20. The van der Waals surface area contributed by atoms with Crippen LogP contribution in [0, 0.1) is 10.1 Å². The summed E-state index contributed by atoms with van der Waals surface area (Å²) in [6.45, 7) is 4.73. The van der Waals surface area contributed by atoms with E-state index in [1.165, 1.54) is 13.2 Å². The molecule has 1 aromatic rings. The van der Waals surface area contributed by atoms with Crippen LogP contribution in [0.15, 0.2) is 18.2 Å². The topological polar surface area (TPSA) is 67.6 Å². The highest BCUT2D eigenvalue weighted by Crippen LogP contribution is 2.29. The Morgan fingerprint density at radius 2 is 2.05 bits per heavy atom. The molecular weight excluding hydrogens is 246 g/mol. The van der Waals surface area contributed by atoms with E-state index in [4.69, 9.17) is 4.74 Å². The first-order valence-corrected chi connectivity index (χ1v) is 6.01. The Labute approximate surface area is 113 Å². The highest BCUT2D eigenvalue weighted by Gasteiger charge is 2.22. The van der Waals surface area contributed by atoms with Crippen LogP contribution in [0.3, 0.4) is 0 Å². The molecule has 0 unspecified atom stereocenters. The monoisotopic (exact) mass is 267 g/mol. The minimum Gasteiger partial charge on any atom is -0.496 e. The Morgan fingerprint density at radius 3 is 2.53 bits per heavy atom. The summed E-state index contributed by atoms with van der Waals surface area (Å²) >= 11 is 0. The zero-order valence-corrected chi connectivity index (χ0v) is 12.1. The summed E-state index contributed by atoms with van der Waals surface area (Å²) in [6, 6.07) is 4.80. The fourth-order valence-corrected chi connectivity index (χ4v) is 1.41. The maximum Gasteiger partial charge on any atom is 0.296 e. The quantitative estimate of drug-likeness (QED) is 0.633. The highest BCUT2D eigenvalue weighted by atomic mass is 16.6. The van der Waals surface area contributed by atoms with E-state index < -0.39 is 4.92 Å². The molecule has 106 valence electrons. The third kappa shape index (κ3) is 3.82. The number of methoxy groups -OCH3 is 1. The number of rotatable bonds is 6. The van der Waals surface area contributed by atoms with Crippen molar-refractivity contribution < 1.29 is 9.66 Å². The fraction of sp³-hybridized carbons (Fsp3) is 0.538. The van der Waals surface area contributed by atoms with Gasteiger partial charge in [-0.2, -0.15) is 0 Å². The lowest BCUT2D eigenvalue weighted by Gasteiger charge is -2.32. The predicted octanol–water partition coefficient (Wildman–Crippen LogP) is 2.36. The molecule has 0 radical (unpaired) electrons. The summed E-state index contributed by atoms with van der Waals surface area (Å²) in [7, 11) is 5.44. The SMILES string of the molecule is COc1ccc(NCC(C)(C)N(C)C)c([N+](=O)[O-])c1. The molecule has 0 aliphatic heterocycles. The molecule has 0 bridgehead atoms. The molecule has 6 nitrogen and oxygen atoms in total. The Bertz CT molecular complexity index is 458. The van der Waals surface area contributed by atoms with Crippen LogP contribution in [0.1, 0.15) is 13.8 Å². The van der Waals surface area contributed by atoms with Crippen molar-refractivity contribution >= 4 is 11.4 Å². The lowest BCUT2D eigenvalue weighted by molar-refractivity contribution is -0.384. The van der Waals surface area contributed by atoms with Gasteiger partial charge in [0.25, 0.3) is 5.69 Å². The number of anilines is 1. The van der Waals surface area contributed by atoms with E-state index in [1.54, 1.807) is 12.1 Å². The van der Waals surface area contributed by atoms with Crippen molar-refractivity contribution in [1.82, 2.24) is 4.90 Å². The number of nitro groups is 1. The Hall–Kier alpha value is -1.82. The summed E-state index contributed by atoms with van der Waals surface area (Å²) in [5, 5.41) is 14.2. The van der Waals surface area contributed by atoms with Crippen LogP contribution in [-0.4, -0.2) is 43.1 Å². The molecule has 0 spiro atoms. The molecule has 0 atom stereocenters. The standard InChI is InChI=1S/C13H21N3O3/c1-13(2,15(3)4)9-14-11-7-6-10(19-5)8-12(11)16(17)18/h6-8,14H,9H2,1-5H3. The summed E-state index contributed by atoms with van der Waals surface area (Å²) in [5.74, 6) is 0.476. The minimum atomic E-state index is -0.409. The number of hydrogen-bond acceptors (Lipinski definition) is 5. The lowest BCUT2D eigenvalue weighted by atomic mass is 10.0. The Kier molecular flexibility index (Phi) is 4.72. The first kappa shape index (κ1) is 15.2. The van der Waals surface area contributed by atoms with Gasteiger partial charge < -0.3 is 15.0 Å². The molecule has 0 saturated heterocycles. The van der Waals surface area contributed by atoms with Crippen LogP contribution < -0.4 is 10.1 Å². The molecule has 0 heterocycles. The summed E-state index contributed by atoms with van der Waals surface area (Å²) < 4.78 is 5.00. The van der Waals surface area contributed by atoms with E-state index in [0.717, 1.165) is 0 Å². The maximum absolute atomic E-state index is 11.0. The van der Waals surface area contributed by atoms with Crippen LogP contribution in [0.25, 0.3) is 0 Å². The van der Waals surface area contributed by atoms with Crippen molar-refractivity contribution in [2.45, 2.75) is 19.4 Å². The van der Waals surface area contributed by atoms with E-state index in [-0.39, 0.29) is 11.2 Å². The molecule has 0 aliphatic carbocycles. The van der Waals surface area contributed by atoms with Crippen LogP contribution in [0.5, 0.6) is 5.75 Å². The van der Waals surface area contributed by atoms with Gasteiger partial charge in [0.1, 0.15) is 11.4 Å².